The van der Waals surface area contributed by atoms with Crippen molar-refractivity contribution >= 4 is 39.4 Å². The second-order valence-corrected chi connectivity index (χ2v) is 17.5. The molecule has 2 amide bonds. The van der Waals surface area contributed by atoms with Gasteiger partial charge < -0.3 is 74.0 Å². The second-order valence-electron chi connectivity index (χ2n) is 16.1. The number of carbonyl (C=O) groups is 3. The molecule has 0 aromatic heterocycles. The van der Waals surface area contributed by atoms with Crippen LogP contribution in [0.3, 0.4) is 0 Å². The quantitative estimate of drug-likeness (QED) is 0.0118. The van der Waals surface area contributed by atoms with Gasteiger partial charge in [0, 0.05) is 37.8 Å². The fraction of sp³-hybridized carbons (Fsp3) is 0.688. The Morgan fingerprint density at radius 1 is 0.731 bits per heavy atom. The summed E-state index contributed by atoms with van der Waals surface area (Å²) in [7, 11) is -5.65. The van der Waals surface area contributed by atoms with E-state index in [9.17, 15) is 45.5 Å². The monoisotopic (exact) mass is 1150 g/mol. The number of aliphatic hydroxyl groups is 1. The number of nitrogens with zero attached hydrogens (tertiary/aromatic N) is 3. The van der Waals surface area contributed by atoms with Crippen molar-refractivity contribution in [1.82, 2.24) is 10.4 Å². The topological polar surface area (TPSA) is 329 Å². The molecule has 0 saturated heterocycles. The standard InChI is InChI=1S/C48H76F4N6O19S/c1-3-11-58(76-4-2)48(62)35-32-36(37(34-53)57-39(54)33-35)55-9-6-5-7-38(59)47(61)56-10-13-67-15-17-69-19-21-71-23-25-73-27-29-75-31-30-74-28-26-72-24-22-70-20-18-68-16-14-66-12-8-40(60)77-45-41(49)43(51)46(78(63,64)65)44(52)42(45)50/h32,34,38,59H,3-31,33,53H2,1-2H3,(H2,54,57)(H,56,61)(H,63,64,65)/b37-34+,55-36?/t38-/m0/s1. The molecular weight excluding hydrogens is 1070 g/mol. The van der Waals surface area contributed by atoms with Gasteiger partial charge in [-0.2, -0.15) is 17.2 Å². The molecule has 0 aliphatic carbocycles. The van der Waals surface area contributed by atoms with Crippen molar-refractivity contribution in [3.8, 4) is 5.75 Å². The molecular formula is C48H76F4N6O19S. The fourth-order valence-corrected chi connectivity index (χ4v) is 6.95. The molecule has 1 aromatic rings. The number of allylic oxidation sites excluding steroid dienone is 1. The lowest BCUT2D eigenvalue weighted by Gasteiger charge is -2.21. The summed E-state index contributed by atoms with van der Waals surface area (Å²) in [5.74, 6) is -13.3. The van der Waals surface area contributed by atoms with Crippen LogP contribution in [0.25, 0.3) is 0 Å². The Balaban J connectivity index is 1.31. The van der Waals surface area contributed by atoms with Gasteiger partial charge in [0.05, 0.1) is 151 Å². The van der Waals surface area contributed by atoms with Crippen molar-refractivity contribution in [3.05, 3.63) is 46.8 Å². The highest BCUT2D eigenvalue weighted by Crippen LogP contribution is 2.32. The zero-order valence-electron chi connectivity index (χ0n) is 44.2. The van der Waals surface area contributed by atoms with Crippen molar-refractivity contribution in [3.63, 3.8) is 0 Å². The summed E-state index contributed by atoms with van der Waals surface area (Å²) in [5, 5.41) is 14.3. The molecule has 78 heavy (non-hydrogen) atoms. The first-order valence-corrected chi connectivity index (χ1v) is 26.7. The summed E-state index contributed by atoms with van der Waals surface area (Å²) < 4.78 is 145. The Morgan fingerprint density at radius 2 is 1.18 bits per heavy atom. The van der Waals surface area contributed by atoms with Crippen molar-refractivity contribution < 1.29 is 107 Å². The third-order valence-electron chi connectivity index (χ3n) is 10.1. The van der Waals surface area contributed by atoms with Crippen molar-refractivity contribution in [2.24, 2.45) is 21.5 Å². The van der Waals surface area contributed by atoms with Crippen LogP contribution in [-0.2, 0) is 76.7 Å². The summed E-state index contributed by atoms with van der Waals surface area (Å²) in [5.41, 5.74) is 13.0. The number of hydroxylamine groups is 2. The van der Waals surface area contributed by atoms with Gasteiger partial charge in [0.2, 0.25) is 23.3 Å². The molecule has 0 spiro atoms. The number of benzene rings is 1. The number of amides is 2. The maximum Gasteiger partial charge on any atom is 0.313 e. The molecule has 1 aliphatic heterocycles. The SMILES string of the molecule is CCCN(OCC)C(=O)C1=CC(=NCCCC[C@H](O)C(=O)NCCOCCOCCOCCOCCOCCOCCOCCOCCOCCOCCC(=O)Oc2c(F)c(F)c(S(=O)(=O)O)c(F)c2F)/C(=C\N)N=C(N)C1. The van der Waals surface area contributed by atoms with Crippen molar-refractivity contribution in [1.29, 1.82) is 0 Å². The zero-order valence-corrected chi connectivity index (χ0v) is 45.0. The fourth-order valence-electron chi connectivity index (χ4n) is 6.32. The van der Waals surface area contributed by atoms with Crippen LogP contribution in [0.15, 0.2) is 38.4 Å². The smallest absolute Gasteiger partial charge is 0.313 e. The first-order chi connectivity index (χ1) is 37.6. The lowest BCUT2D eigenvalue weighted by Crippen LogP contribution is -2.36. The number of nitrogens with two attached hydrogens (primary N) is 2. The highest BCUT2D eigenvalue weighted by molar-refractivity contribution is 7.85. The van der Waals surface area contributed by atoms with Gasteiger partial charge in [-0.1, -0.05) is 6.92 Å². The Kier molecular flexibility index (Phi) is 37.4. The molecule has 1 aliphatic rings. The number of esters is 1. The largest absolute Gasteiger partial charge is 0.420 e. The lowest BCUT2D eigenvalue weighted by atomic mass is 10.1. The molecule has 1 aromatic carbocycles. The summed E-state index contributed by atoms with van der Waals surface area (Å²) >= 11 is 0. The van der Waals surface area contributed by atoms with Gasteiger partial charge in [-0.3, -0.25) is 28.8 Å². The number of carbonyl (C=O) groups excluding carboxylic acids is 3. The van der Waals surface area contributed by atoms with E-state index < -0.39 is 68.4 Å². The number of ether oxygens (including phenoxy) is 11. The normalized spacial score (nSPS) is 14.4. The van der Waals surface area contributed by atoms with Gasteiger partial charge in [0.25, 0.3) is 5.91 Å². The third-order valence-corrected chi connectivity index (χ3v) is 10.9. The van der Waals surface area contributed by atoms with Crippen LogP contribution in [0.2, 0.25) is 0 Å². The molecule has 7 N–H and O–H groups in total. The van der Waals surface area contributed by atoms with E-state index in [1.807, 2.05) is 6.92 Å². The molecule has 2 rings (SSSR count). The number of nitrogens with one attached hydrogen (secondary N) is 1. The molecule has 30 heteroatoms. The van der Waals surface area contributed by atoms with E-state index in [2.05, 4.69) is 20.0 Å². The zero-order chi connectivity index (χ0) is 57.4. The van der Waals surface area contributed by atoms with Crippen LogP contribution in [0.4, 0.5) is 17.6 Å². The first-order valence-electron chi connectivity index (χ1n) is 25.3. The molecule has 0 fully saturated rings. The average Bonchev–Trinajstić information content (AvgIpc) is 3.65. The predicted octanol–water partition coefficient (Wildman–Crippen LogP) is 1.72. The van der Waals surface area contributed by atoms with Gasteiger partial charge in [-0.15, -0.1) is 0 Å². The average molecular weight is 1150 g/mol. The Morgan fingerprint density at radius 3 is 1.60 bits per heavy atom. The van der Waals surface area contributed by atoms with Gasteiger partial charge in [0.1, 0.15) is 17.6 Å². The highest BCUT2D eigenvalue weighted by Gasteiger charge is 2.34. The number of aliphatic imine (C=N–C) groups is 2. The van der Waals surface area contributed by atoms with Crippen molar-refractivity contribution in [2.75, 3.05) is 158 Å². The van der Waals surface area contributed by atoms with Crippen LogP contribution in [0, 0.1) is 23.3 Å². The number of hydrogen-bond donors (Lipinski definition) is 5. The first kappa shape index (κ1) is 69.3. The Bertz CT molecular complexity index is 2130. The Labute approximate surface area is 451 Å². The summed E-state index contributed by atoms with van der Waals surface area (Å²) in [6.07, 6.45) is 3.26. The molecule has 0 saturated carbocycles. The van der Waals surface area contributed by atoms with E-state index >= 15 is 0 Å². The van der Waals surface area contributed by atoms with Gasteiger partial charge in [-0.05, 0) is 38.7 Å². The number of aliphatic hydroxyl groups excluding tert-OH is 1. The van der Waals surface area contributed by atoms with E-state index in [4.69, 9.17) is 68.2 Å². The number of hydrogen-bond acceptors (Lipinski definition) is 22. The molecule has 0 radical (unpaired) electrons. The van der Waals surface area contributed by atoms with Crippen LogP contribution >= 0.6 is 0 Å². The molecule has 0 bridgehead atoms. The number of unbranched alkanes of at least 4 members (excludes halogenated alkanes) is 1. The number of halogens is 4. The molecule has 25 nitrogen and oxygen atoms in total. The van der Waals surface area contributed by atoms with E-state index in [0.29, 0.717) is 148 Å². The molecule has 446 valence electrons. The second kappa shape index (κ2) is 42.1. The maximum atomic E-state index is 14.0. The number of rotatable bonds is 46. The van der Waals surface area contributed by atoms with Crippen molar-refractivity contribution in [2.45, 2.75) is 63.4 Å². The van der Waals surface area contributed by atoms with Gasteiger partial charge >= 0.3 is 16.1 Å². The van der Waals surface area contributed by atoms with Gasteiger partial charge in [-0.25, -0.2) is 18.8 Å². The summed E-state index contributed by atoms with van der Waals surface area (Å²) in [4.78, 5) is 49.4. The molecule has 1 atom stereocenters. The third kappa shape index (κ3) is 29.4. The minimum atomic E-state index is -5.65. The van der Waals surface area contributed by atoms with Crippen LogP contribution in [0.5, 0.6) is 5.75 Å². The van der Waals surface area contributed by atoms with Gasteiger partial charge in [0.15, 0.2) is 16.5 Å². The van der Waals surface area contributed by atoms with E-state index in [1.54, 1.807) is 13.0 Å². The summed E-state index contributed by atoms with van der Waals surface area (Å²) in [6, 6.07) is 0. The Hall–Kier alpha value is -4.80. The minimum Gasteiger partial charge on any atom is -0.420 e. The molecule has 0 unspecified atom stereocenters. The molecule has 1 heterocycles. The van der Waals surface area contributed by atoms with Crippen LogP contribution < -0.4 is 21.5 Å². The lowest BCUT2D eigenvalue weighted by molar-refractivity contribution is -0.180. The van der Waals surface area contributed by atoms with E-state index in [0.717, 1.165) is 0 Å². The number of amidine groups is 1. The highest BCUT2D eigenvalue weighted by atomic mass is 32.2. The maximum absolute atomic E-state index is 14.0. The van der Waals surface area contributed by atoms with E-state index in [-0.39, 0.29) is 70.8 Å². The van der Waals surface area contributed by atoms with E-state index in [1.165, 1.54) is 11.3 Å². The minimum absolute atomic E-state index is 0.0134. The van der Waals surface area contributed by atoms with Crippen LogP contribution in [0.1, 0.15) is 52.4 Å². The summed E-state index contributed by atoms with van der Waals surface area (Å²) in [6.45, 7) is 10.7. The predicted molar refractivity (Wildman–Crippen MR) is 270 cm³/mol. The van der Waals surface area contributed by atoms with Crippen LogP contribution in [-0.4, -0.2) is 217 Å².